The van der Waals surface area contributed by atoms with Gasteiger partial charge >= 0.3 is 12.4 Å². The number of hydrogen-bond acceptors (Lipinski definition) is 4. The Bertz CT molecular complexity index is 1270. The second kappa shape index (κ2) is 11.1. The SMILES string of the molecule is C[C@@H](O[C@H]1CC[C@@H]2CN(C3=CC(=O)CCC3)C(O)[C@H]2[C@@H]1c1ccc(F)cc1)c1cc(C(F)(F)F)cc(C(F)(F)F)c1. The Labute approximate surface area is 232 Å². The Morgan fingerprint density at radius 2 is 1.59 bits per heavy atom. The van der Waals surface area contributed by atoms with Crippen molar-refractivity contribution in [2.75, 3.05) is 6.54 Å². The highest BCUT2D eigenvalue weighted by atomic mass is 19.4. The standard InChI is InChI=1S/C30H30F7NO3/c1-16(19-11-20(29(32,33)34)13-21(12-19)30(35,36)37)41-25-10-7-18-15-38(23-3-2-4-24(39)14-23)28(40)27(18)26(25)17-5-8-22(31)9-6-17/h5-6,8-9,11-14,16,18,25-28,40H,2-4,7,10,15H2,1H3/t16-,18-,25+,26-,27-,28?/m1/s1. The fourth-order valence-corrected chi connectivity index (χ4v) is 6.62. The van der Waals surface area contributed by atoms with E-state index >= 15 is 0 Å². The van der Waals surface area contributed by atoms with Crippen LogP contribution in [0.2, 0.25) is 0 Å². The van der Waals surface area contributed by atoms with Gasteiger partial charge < -0.3 is 14.7 Å². The third-order valence-electron chi connectivity index (χ3n) is 8.54. The number of rotatable bonds is 5. The average molecular weight is 586 g/mol. The molecule has 0 spiro atoms. The molecule has 2 aromatic carbocycles. The number of carbonyl (C=O) groups is 1. The number of hydrogen-bond donors (Lipinski definition) is 1. The Morgan fingerprint density at radius 3 is 2.17 bits per heavy atom. The number of allylic oxidation sites excluding steroid dienone is 2. The minimum absolute atomic E-state index is 0.0153. The quantitative estimate of drug-likeness (QED) is 0.372. The van der Waals surface area contributed by atoms with Crippen molar-refractivity contribution >= 4 is 5.78 Å². The number of halogens is 7. The second-order valence-corrected chi connectivity index (χ2v) is 11.2. The van der Waals surface area contributed by atoms with Crippen molar-refractivity contribution in [2.45, 2.75) is 75.7 Å². The second-order valence-electron chi connectivity index (χ2n) is 11.2. The smallest absolute Gasteiger partial charge is 0.373 e. The molecule has 0 radical (unpaired) electrons. The van der Waals surface area contributed by atoms with Gasteiger partial charge in [-0.3, -0.25) is 4.79 Å². The molecule has 1 N–H and O–H groups in total. The Hall–Kier alpha value is -2.92. The molecule has 0 amide bonds. The molecule has 222 valence electrons. The van der Waals surface area contributed by atoms with Crippen molar-refractivity contribution < 1.29 is 45.4 Å². The number of benzene rings is 2. The summed E-state index contributed by atoms with van der Waals surface area (Å²) in [5.74, 6) is -1.45. The molecule has 1 saturated carbocycles. The van der Waals surface area contributed by atoms with E-state index in [1.807, 2.05) is 4.90 Å². The predicted molar refractivity (Wildman–Crippen MR) is 135 cm³/mol. The summed E-state index contributed by atoms with van der Waals surface area (Å²) < 4.78 is 101. The van der Waals surface area contributed by atoms with E-state index in [-0.39, 0.29) is 23.3 Å². The molecule has 0 aromatic heterocycles. The van der Waals surface area contributed by atoms with E-state index in [0.29, 0.717) is 56.3 Å². The maximum Gasteiger partial charge on any atom is 0.416 e. The van der Waals surface area contributed by atoms with E-state index < -0.39 is 59.6 Å². The van der Waals surface area contributed by atoms with E-state index in [4.69, 9.17) is 4.74 Å². The summed E-state index contributed by atoms with van der Waals surface area (Å²) in [6.45, 7) is 1.90. The molecule has 11 heteroatoms. The molecule has 1 heterocycles. The Morgan fingerprint density at radius 1 is 0.951 bits per heavy atom. The zero-order valence-electron chi connectivity index (χ0n) is 22.2. The third-order valence-corrected chi connectivity index (χ3v) is 8.54. The molecule has 41 heavy (non-hydrogen) atoms. The maximum absolute atomic E-state index is 13.8. The van der Waals surface area contributed by atoms with E-state index in [1.54, 1.807) is 18.2 Å². The number of fused-ring (bicyclic) bond motifs is 1. The topological polar surface area (TPSA) is 49.8 Å². The molecular weight excluding hydrogens is 555 g/mol. The van der Waals surface area contributed by atoms with Crippen LogP contribution in [0.5, 0.6) is 0 Å². The maximum atomic E-state index is 13.8. The third kappa shape index (κ3) is 6.16. The van der Waals surface area contributed by atoms with Crippen LogP contribution in [-0.2, 0) is 21.9 Å². The lowest BCUT2D eigenvalue weighted by molar-refractivity contribution is -0.143. The normalized spacial score (nSPS) is 27.9. The largest absolute Gasteiger partial charge is 0.416 e. The number of aliphatic hydroxyl groups excluding tert-OH is 1. The number of alkyl halides is 6. The highest BCUT2D eigenvalue weighted by Crippen LogP contribution is 2.51. The zero-order chi connectivity index (χ0) is 29.7. The molecule has 3 aliphatic rings. The number of aliphatic hydroxyl groups is 1. The first-order valence-electron chi connectivity index (χ1n) is 13.6. The van der Waals surface area contributed by atoms with Gasteiger partial charge in [0.1, 0.15) is 12.0 Å². The van der Waals surface area contributed by atoms with Gasteiger partial charge in [0.15, 0.2) is 5.78 Å². The van der Waals surface area contributed by atoms with Gasteiger partial charge in [-0.2, -0.15) is 26.3 Å². The van der Waals surface area contributed by atoms with Gasteiger partial charge in [0.05, 0.1) is 23.3 Å². The number of ketones is 1. The Kier molecular flexibility index (Phi) is 7.97. The van der Waals surface area contributed by atoms with Crippen molar-refractivity contribution in [3.8, 4) is 0 Å². The van der Waals surface area contributed by atoms with Gasteiger partial charge in [0, 0.05) is 36.6 Å². The van der Waals surface area contributed by atoms with Gasteiger partial charge in [-0.15, -0.1) is 0 Å². The van der Waals surface area contributed by atoms with Crippen LogP contribution in [0.1, 0.15) is 73.3 Å². The summed E-state index contributed by atoms with van der Waals surface area (Å²) in [5.41, 5.74) is -1.72. The van der Waals surface area contributed by atoms with Crippen LogP contribution in [0.15, 0.2) is 54.2 Å². The summed E-state index contributed by atoms with van der Waals surface area (Å²) in [5, 5.41) is 11.5. The van der Waals surface area contributed by atoms with Crippen molar-refractivity contribution in [2.24, 2.45) is 11.8 Å². The van der Waals surface area contributed by atoms with Crippen LogP contribution in [0, 0.1) is 17.7 Å². The van der Waals surface area contributed by atoms with Crippen molar-refractivity contribution in [3.05, 3.63) is 82.3 Å². The highest BCUT2D eigenvalue weighted by molar-refractivity contribution is 5.91. The first kappa shape index (κ1) is 29.6. The molecule has 1 unspecified atom stereocenters. The van der Waals surface area contributed by atoms with Crippen LogP contribution in [0.4, 0.5) is 30.7 Å². The van der Waals surface area contributed by atoms with Crippen LogP contribution < -0.4 is 0 Å². The van der Waals surface area contributed by atoms with Crippen molar-refractivity contribution in [1.29, 1.82) is 0 Å². The lowest BCUT2D eigenvalue weighted by atomic mass is 9.68. The van der Waals surface area contributed by atoms with Crippen molar-refractivity contribution in [3.63, 3.8) is 0 Å². The first-order chi connectivity index (χ1) is 19.2. The van der Waals surface area contributed by atoms with Gasteiger partial charge in [-0.1, -0.05) is 12.1 Å². The van der Waals surface area contributed by atoms with Crippen LogP contribution >= 0.6 is 0 Å². The minimum Gasteiger partial charge on any atom is -0.373 e. The summed E-state index contributed by atoms with van der Waals surface area (Å²) in [6.07, 6.45) is -8.48. The van der Waals surface area contributed by atoms with Crippen LogP contribution in [0.3, 0.4) is 0 Å². The number of carbonyl (C=O) groups excluding carboxylic acids is 1. The van der Waals surface area contributed by atoms with Crippen LogP contribution in [-0.4, -0.2) is 34.7 Å². The first-order valence-corrected chi connectivity index (χ1v) is 13.6. The molecule has 2 fully saturated rings. The summed E-state index contributed by atoms with van der Waals surface area (Å²) in [4.78, 5) is 13.9. The van der Waals surface area contributed by atoms with E-state index in [2.05, 4.69) is 0 Å². The van der Waals surface area contributed by atoms with E-state index in [9.17, 15) is 40.6 Å². The van der Waals surface area contributed by atoms with Crippen molar-refractivity contribution in [1.82, 2.24) is 4.90 Å². The molecule has 6 atom stereocenters. The van der Waals surface area contributed by atoms with E-state index in [1.165, 1.54) is 19.1 Å². The summed E-state index contributed by atoms with van der Waals surface area (Å²) >= 11 is 0. The molecule has 5 rings (SSSR count). The van der Waals surface area contributed by atoms with Gasteiger partial charge in [0.25, 0.3) is 0 Å². The van der Waals surface area contributed by atoms with Crippen LogP contribution in [0.25, 0.3) is 0 Å². The fraction of sp³-hybridized carbons (Fsp3) is 0.500. The summed E-state index contributed by atoms with van der Waals surface area (Å²) in [6, 6.07) is 7.07. The number of ether oxygens (including phenoxy) is 1. The molecular formula is C30H30F7NO3. The summed E-state index contributed by atoms with van der Waals surface area (Å²) in [7, 11) is 0. The molecule has 1 saturated heterocycles. The monoisotopic (exact) mass is 585 g/mol. The lowest BCUT2D eigenvalue weighted by Crippen LogP contribution is -2.42. The molecule has 1 aliphatic heterocycles. The number of nitrogens with zero attached hydrogens (tertiary/aromatic N) is 1. The van der Waals surface area contributed by atoms with Gasteiger partial charge in [0.2, 0.25) is 0 Å². The predicted octanol–water partition coefficient (Wildman–Crippen LogP) is 7.39. The van der Waals surface area contributed by atoms with Gasteiger partial charge in [-0.05, 0) is 80.0 Å². The molecule has 2 aromatic rings. The Balaban J connectivity index is 1.48. The molecule has 0 bridgehead atoms. The highest BCUT2D eigenvalue weighted by Gasteiger charge is 2.51. The van der Waals surface area contributed by atoms with E-state index in [0.717, 1.165) is 5.70 Å². The average Bonchev–Trinajstić information content (AvgIpc) is 3.24. The molecule has 2 aliphatic carbocycles. The molecule has 4 nitrogen and oxygen atoms in total. The fourth-order valence-electron chi connectivity index (χ4n) is 6.62. The minimum atomic E-state index is -4.99. The lowest BCUT2D eigenvalue weighted by Gasteiger charge is -2.42. The zero-order valence-corrected chi connectivity index (χ0v) is 22.2. The number of likely N-dealkylation sites (tertiary alicyclic amines) is 1. The van der Waals surface area contributed by atoms with Gasteiger partial charge in [-0.25, -0.2) is 4.39 Å².